The molecule has 1 amide bonds. The quantitative estimate of drug-likeness (QED) is 0.534. The Morgan fingerprint density at radius 2 is 1.71 bits per heavy atom. The van der Waals surface area contributed by atoms with Crippen LogP contribution in [-0.4, -0.2) is 22.1 Å². The van der Waals surface area contributed by atoms with Gasteiger partial charge in [0, 0.05) is 17.9 Å². The predicted molar refractivity (Wildman–Crippen MR) is 116 cm³/mol. The highest BCUT2D eigenvalue weighted by Gasteiger charge is 2.62. The number of alkyl halides is 1. The van der Waals surface area contributed by atoms with Crippen LogP contribution in [0.5, 0.6) is 0 Å². The summed E-state index contributed by atoms with van der Waals surface area (Å²) in [6.07, 6.45) is 8.91. The molecule has 0 aliphatic heterocycles. The van der Waals surface area contributed by atoms with Gasteiger partial charge in [-0.05, 0) is 100 Å². The fourth-order valence-corrected chi connectivity index (χ4v) is 8.83. The highest BCUT2D eigenvalue weighted by molar-refractivity contribution is 9.10. The number of hydrogen-bond donors (Lipinski definition) is 1. The molecule has 4 aliphatic rings. The molecule has 3 nitrogen and oxygen atoms in total. The van der Waals surface area contributed by atoms with Crippen LogP contribution in [0.2, 0.25) is 0 Å². The molecular formula is C24H38BrNO2. The summed E-state index contributed by atoms with van der Waals surface area (Å²) < 4.78 is 0. The smallest absolute Gasteiger partial charge is 0.224 e. The molecule has 0 heterocycles. The molecule has 0 aromatic carbocycles. The molecule has 1 unspecified atom stereocenters. The standard InChI is InChI=1S/C24H38BrNO2/c1-22(2,3)26-21(28)18-9-8-16-15-7-6-14-12-20(27)19(25)13-24(14,5)17(15)10-11-23(16,18)4/h14-19H,6-13H2,1-5H3,(H,26,28)/t14-,15-,16-,17-,18+,19?,23-,24-/m0/s1. The van der Waals surface area contributed by atoms with Crippen molar-refractivity contribution >= 4 is 27.6 Å². The van der Waals surface area contributed by atoms with E-state index in [4.69, 9.17) is 0 Å². The minimum absolute atomic E-state index is 0.0506. The summed E-state index contributed by atoms with van der Waals surface area (Å²) in [5.41, 5.74) is 0.282. The van der Waals surface area contributed by atoms with Crippen LogP contribution in [0.1, 0.15) is 86.0 Å². The fraction of sp³-hybridized carbons (Fsp3) is 0.917. The zero-order valence-electron chi connectivity index (χ0n) is 18.3. The van der Waals surface area contributed by atoms with Gasteiger partial charge in [0.1, 0.15) is 5.78 Å². The maximum atomic E-state index is 13.1. The van der Waals surface area contributed by atoms with E-state index in [0.717, 1.165) is 31.1 Å². The molecule has 4 saturated carbocycles. The lowest BCUT2D eigenvalue weighted by molar-refractivity contribution is -0.144. The van der Waals surface area contributed by atoms with Gasteiger partial charge in [-0.1, -0.05) is 29.8 Å². The summed E-state index contributed by atoms with van der Waals surface area (Å²) in [7, 11) is 0. The minimum atomic E-state index is -0.159. The Labute approximate surface area is 179 Å². The van der Waals surface area contributed by atoms with Crippen molar-refractivity contribution in [2.24, 2.45) is 40.4 Å². The van der Waals surface area contributed by atoms with Gasteiger partial charge in [0.15, 0.2) is 0 Å². The second-order valence-corrected chi connectivity index (χ2v) is 13.0. The third-order valence-corrected chi connectivity index (χ3v) is 10.1. The SMILES string of the molecule is CC(C)(C)NC(=O)[C@H]1CC[C@H]2[C@@H]3CC[C@H]4CC(=O)C(Br)C[C@]4(C)[C@H]3CC[C@]12C. The monoisotopic (exact) mass is 451 g/mol. The molecule has 0 bridgehead atoms. The van der Waals surface area contributed by atoms with Gasteiger partial charge in [0.05, 0.1) is 4.83 Å². The molecule has 4 fully saturated rings. The first-order chi connectivity index (χ1) is 13.0. The summed E-state index contributed by atoms with van der Waals surface area (Å²) in [4.78, 5) is 25.5. The lowest BCUT2D eigenvalue weighted by Crippen LogP contribution is -2.56. The van der Waals surface area contributed by atoms with Gasteiger partial charge in [-0.15, -0.1) is 0 Å². The van der Waals surface area contributed by atoms with Gasteiger partial charge >= 0.3 is 0 Å². The van der Waals surface area contributed by atoms with Gasteiger partial charge in [-0.25, -0.2) is 0 Å². The number of carbonyl (C=O) groups excluding carboxylic acids is 2. The number of fused-ring (bicyclic) bond motifs is 5. The van der Waals surface area contributed by atoms with Crippen LogP contribution in [0.25, 0.3) is 0 Å². The summed E-state index contributed by atoms with van der Waals surface area (Å²) in [6, 6.07) is 0. The molecule has 4 heteroatoms. The Morgan fingerprint density at radius 3 is 2.39 bits per heavy atom. The largest absolute Gasteiger partial charge is 0.351 e. The van der Waals surface area contributed by atoms with E-state index < -0.39 is 0 Å². The first-order valence-electron chi connectivity index (χ1n) is 11.4. The lowest BCUT2D eigenvalue weighted by atomic mass is 9.45. The van der Waals surface area contributed by atoms with Crippen LogP contribution in [0, 0.1) is 40.4 Å². The van der Waals surface area contributed by atoms with Crippen molar-refractivity contribution < 1.29 is 9.59 Å². The number of carbonyl (C=O) groups is 2. The summed E-state index contributed by atoms with van der Waals surface area (Å²) in [6.45, 7) is 11.1. The molecule has 0 spiro atoms. The average Bonchev–Trinajstić information content (AvgIpc) is 2.92. The molecular weight excluding hydrogens is 414 g/mol. The topological polar surface area (TPSA) is 46.2 Å². The molecule has 0 radical (unpaired) electrons. The molecule has 0 saturated heterocycles. The van der Waals surface area contributed by atoms with Crippen LogP contribution in [0.15, 0.2) is 0 Å². The van der Waals surface area contributed by atoms with Crippen LogP contribution in [0.4, 0.5) is 0 Å². The van der Waals surface area contributed by atoms with E-state index in [1.165, 1.54) is 32.1 Å². The van der Waals surface area contributed by atoms with E-state index in [-0.39, 0.29) is 33.0 Å². The fourth-order valence-electron chi connectivity index (χ4n) is 7.95. The number of amides is 1. The highest BCUT2D eigenvalue weighted by atomic mass is 79.9. The van der Waals surface area contributed by atoms with Crippen molar-refractivity contribution in [3.8, 4) is 0 Å². The molecule has 0 aromatic heterocycles. The molecule has 28 heavy (non-hydrogen) atoms. The van der Waals surface area contributed by atoms with E-state index in [0.29, 0.717) is 17.6 Å². The van der Waals surface area contributed by atoms with Gasteiger partial charge in [0.25, 0.3) is 0 Å². The van der Waals surface area contributed by atoms with Gasteiger partial charge in [0.2, 0.25) is 5.91 Å². The molecule has 4 rings (SSSR count). The number of halogens is 1. The van der Waals surface area contributed by atoms with Crippen molar-refractivity contribution in [3.05, 3.63) is 0 Å². The van der Waals surface area contributed by atoms with E-state index in [1.807, 2.05) is 0 Å². The average molecular weight is 452 g/mol. The third-order valence-electron chi connectivity index (χ3n) is 9.30. The zero-order valence-corrected chi connectivity index (χ0v) is 19.9. The van der Waals surface area contributed by atoms with E-state index in [9.17, 15) is 9.59 Å². The van der Waals surface area contributed by atoms with Gasteiger partial charge in [-0.2, -0.15) is 0 Å². The van der Waals surface area contributed by atoms with E-state index in [1.54, 1.807) is 0 Å². The van der Waals surface area contributed by atoms with Gasteiger partial charge < -0.3 is 5.32 Å². The first-order valence-corrected chi connectivity index (χ1v) is 12.4. The van der Waals surface area contributed by atoms with Crippen molar-refractivity contribution in [1.82, 2.24) is 5.32 Å². The van der Waals surface area contributed by atoms with Crippen LogP contribution in [-0.2, 0) is 9.59 Å². The zero-order chi connectivity index (χ0) is 20.5. The predicted octanol–water partition coefficient (Wildman–Crippen LogP) is 5.50. The van der Waals surface area contributed by atoms with Crippen molar-refractivity contribution in [1.29, 1.82) is 0 Å². The molecule has 4 aliphatic carbocycles. The number of hydrogen-bond acceptors (Lipinski definition) is 2. The number of ketones is 1. The molecule has 8 atom stereocenters. The Balaban J connectivity index is 1.56. The van der Waals surface area contributed by atoms with Crippen molar-refractivity contribution in [2.45, 2.75) is 96.4 Å². The number of nitrogens with one attached hydrogen (secondary N) is 1. The van der Waals surface area contributed by atoms with Gasteiger partial charge in [-0.3, -0.25) is 9.59 Å². The summed E-state index contributed by atoms with van der Waals surface area (Å²) >= 11 is 3.69. The Bertz CT molecular complexity index is 670. The molecule has 0 aromatic rings. The molecule has 158 valence electrons. The highest BCUT2D eigenvalue weighted by Crippen LogP contribution is 2.67. The number of Topliss-reactive ketones (excluding diaryl/α,β-unsaturated/α-hetero) is 1. The van der Waals surface area contributed by atoms with E-state index >= 15 is 0 Å². The first kappa shape index (κ1) is 20.9. The third kappa shape index (κ3) is 3.20. The Kier molecular flexibility index (Phi) is 5.08. The second kappa shape index (κ2) is 6.82. The number of rotatable bonds is 1. The summed E-state index contributed by atoms with van der Waals surface area (Å²) in [5.74, 6) is 3.57. The normalized spacial score (nSPS) is 48.4. The van der Waals surface area contributed by atoms with E-state index in [2.05, 4.69) is 55.9 Å². The van der Waals surface area contributed by atoms with Crippen LogP contribution in [0.3, 0.4) is 0 Å². The maximum absolute atomic E-state index is 13.1. The maximum Gasteiger partial charge on any atom is 0.224 e. The van der Waals surface area contributed by atoms with Crippen molar-refractivity contribution in [2.75, 3.05) is 0 Å². The van der Waals surface area contributed by atoms with Crippen LogP contribution >= 0.6 is 15.9 Å². The second-order valence-electron chi connectivity index (χ2n) is 11.9. The Morgan fingerprint density at radius 1 is 1.04 bits per heavy atom. The van der Waals surface area contributed by atoms with Crippen molar-refractivity contribution in [3.63, 3.8) is 0 Å². The minimum Gasteiger partial charge on any atom is -0.351 e. The van der Waals surface area contributed by atoms with Crippen LogP contribution < -0.4 is 5.32 Å². The summed E-state index contributed by atoms with van der Waals surface area (Å²) in [5, 5.41) is 3.27. The Hall–Kier alpha value is -0.380. The lowest BCUT2D eigenvalue weighted by Gasteiger charge is -2.60. The molecule has 1 N–H and O–H groups in total.